The molecule has 0 aromatic heterocycles. The Labute approximate surface area is 112 Å². The molecule has 0 unspecified atom stereocenters. The molecule has 19 heavy (non-hydrogen) atoms. The Kier molecular flexibility index (Phi) is 3.46. The number of rotatable bonds is 4. The Hall–Kier alpha value is -2.04. The summed E-state index contributed by atoms with van der Waals surface area (Å²) < 4.78 is 0. The summed E-state index contributed by atoms with van der Waals surface area (Å²) in [6.45, 7) is 4.45. The molecule has 0 spiro atoms. The molecular formula is C14H19N3O2. The summed E-state index contributed by atoms with van der Waals surface area (Å²) in [4.78, 5) is 14.4. The van der Waals surface area contributed by atoms with Crippen molar-refractivity contribution in [2.75, 3.05) is 11.4 Å². The molecule has 1 aliphatic rings. The number of para-hydroxylation sites is 1. The van der Waals surface area contributed by atoms with Crippen molar-refractivity contribution >= 4 is 17.4 Å². The van der Waals surface area contributed by atoms with E-state index >= 15 is 0 Å². The number of benzene rings is 1. The topological polar surface area (TPSA) is 78.9 Å². The monoisotopic (exact) mass is 261 g/mol. The zero-order valence-corrected chi connectivity index (χ0v) is 11.3. The molecule has 1 aromatic carbocycles. The van der Waals surface area contributed by atoms with Gasteiger partial charge in [-0.15, -0.1) is 0 Å². The van der Waals surface area contributed by atoms with Crippen molar-refractivity contribution in [2.24, 2.45) is 16.3 Å². The molecule has 1 amide bonds. The first-order valence-electron chi connectivity index (χ1n) is 6.42. The van der Waals surface area contributed by atoms with Crippen LogP contribution in [-0.2, 0) is 4.79 Å². The van der Waals surface area contributed by atoms with E-state index in [1.165, 1.54) is 0 Å². The van der Waals surface area contributed by atoms with Gasteiger partial charge in [-0.2, -0.15) is 0 Å². The lowest BCUT2D eigenvalue weighted by Gasteiger charge is -2.27. The number of anilines is 1. The van der Waals surface area contributed by atoms with E-state index in [2.05, 4.69) is 5.16 Å². The number of hydrogen-bond acceptors (Lipinski definition) is 3. The first kappa shape index (κ1) is 13.4. The van der Waals surface area contributed by atoms with Crippen molar-refractivity contribution in [2.45, 2.75) is 26.7 Å². The van der Waals surface area contributed by atoms with Gasteiger partial charge in [0.25, 0.3) is 0 Å². The number of oxime groups is 1. The highest BCUT2D eigenvalue weighted by molar-refractivity contribution is 6.15. The molecule has 1 aromatic rings. The van der Waals surface area contributed by atoms with Crippen LogP contribution in [0.1, 0.15) is 25.3 Å². The molecule has 102 valence electrons. The third kappa shape index (κ3) is 2.16. The van der Waals surface area contributed by atoms with Gasteiger partial charge in [0.1, 0.15) is 5.41 Å². The van der Waals surface area contributed by atoms with Gasteiger partial charge in [-0.05, 0) is 38.3 Å². The van der Waals surface area contributed by atoms with Gasteiger partial charge in [-0.1, -0.05) is 23.4 Å². The van der Waals surface area contributed by atoms with Gasteiger partial charge < -0.3 is 15.8 Å². The van der Waals surface area contributed by atoms with Crippen LogP contribution in [0.15, 0.2) is 29.4 Å². The molecule has 0 saturated heterocycles. The van der Waals surface area contributed by atoms with Crippen LogP contribution in [0.3, 0.4) is 0 Å². The predicted octanol–water partition coefficient (Wildman–Crippen LogP) is 1.87. The zero-order valence-electron chi connectivity index (χ0n) is 11.3. The van der Waals surface area contributed by atoms with Crippen LogP contribution < -0.4 is 10.6 Å². The number of nitrogens with two attached hydrogens (primary N) is 1. The fourth-order valence-corrected chi connectivity index (χ4v) is 2.35. The average Bonchev–Trinajstić information content (AvgIpc) is 3.22. The highest BCUT2D eigenvalue weighted by Crippen LogP contribution is 2.48. The van der Waals surface area contributed by atoms with Gasteiger partial charge in [-0.25, -0.2) is 0 Å². The first-order valence-corrected chi connectivity index (χ1v) is 6.42. The normalized spacial score (nSPS) is 17.1. The van der Waals surface area contributed by atoms with Gasteiger partial charge >= 0.3 is 0 Å². The van der Waals surface area contributed by atoms with Gasteiger partial charge in [0.15, 0.2) is 5.84 Å². The molecule has 1 fully saturated rings. The second kappa shape index (κ2) is 4.91. The molecule has 1 aliphatic carbocycles. The van der Waals surface area contributed by atoms with Crippen LogP contribution in [-0.4, -0.2) is 23.5 Å². The molecule has 0 bridgehead atoms. The fourth-order valence-electron chi connectivity index (χ4n) is 2.35. The minimum atomic E-state index is -0.799. The highest BCUT2D eigenvalue weighted by atomic mass is 16.4. The van der Waals surface area contributed by atoms with E-state index in [4.69, 9.17) is 10.9 Å². The minimum absolute atomic E-state index is 0.0181. The molecule has 5 nitrogen and oxygen atoms in total. The van der Waals surface area contributed by atoms with E-state index in [9.17, 15) is 4.79 Å². The van der Waals surface area contributed by atoms with E-state index < -0.39 is 5.41 Å². The molecule has 0 heterocycles. The van der Waals surface area contributed by atoms with Crippen LogP contribution in [0, 0.1) is 12.3 Å². The number of hydrogen-bond donors (Lipinski definition) is 2. The van der Waals surface area contributed by atoms with Crippen molar-refractivity contribution in [3.05, 3.63) is 29.8 Å². The Bertz CT molecular complexity index is 521. The Morgan fingerprint density at radius 2 is 2.11 bits per heavy atom. The number of carbonyl (C=O) groups is 1. The lowest BCUT2D eigenvalue weighted by Crippen LogP contribution is -2.44. The number of carbonyl (C=O) groups excluding carboxylic acids is 1. The van der Waals surface area contributed by atoms with E-state index in [-0.39, 0.29) is 11.7 Å². The van der Waals surface area contributed by atoms with Crippen molar-refractivity contribution < 1.29 is 10.0 Å². The molecular weight excluding hydrogens is 242 g/mol. The van der Waals surface area contributed by atoms with Crippen LogP contribution in [0.5, 0.6) is 0 Å². The van der Waals surface area contributed by atoms with Gasteiger partial charge in [0, 0.05) is 12.2 Å². The SMILES string of the molecule is CCN(C(=O)C1(/C(N)=N/O)CC1)c1ccccc1C. The molecule has 3 N–H and O–H groups in total. The second-order valence-corrected chi connectivity index (χ2v) is 4.90. The molecule has 1 saturated carbocycles. The Morgan fingerprint density at radius 1 is 1.47 bits per heavy atom. The molecule has 2 rings (SSSR count). The van der Waals surface area contributed by atoms with Crippen molar-refractivity contribution in [3.63, 3.8) is 0 Å². The zero-order chi connectivity index (χ0) is 14.0. The van der Waals surface area contributed by atoms with E-state index in [0.29, 0.717) is 19.4 Å². The van der Waals surface area contributed by atoms with Crippen LogP contribution in [0.2, 0.25) is 0 Å². The number of aryl methyl sites for hydroxylation is 1. The fraction of sp³-hybridized carbons (Fsp3) is 0.429. The molecule has 0 aliphatic heterocycles. The molecule has 5 heteroatoms. The third-order valence-electron chi connectivity index (χ3n) is 3.73. The quantitative estimate of drug-likeness (QED) is 0.376. The summed E-state index contributed by atoms with van der Waals surface area (Å²) >= 11 is 0. The number of amides is 1. The standard InChI is InChI=1S/C14H19N3O2/c1-3-17(11-7-5-4-6-10(11)2)13(18)14(8-9-14)12(15)16-19/h4-7,19H,3,8-9H2,1-2H3,(H2,15,16). The van der Waals surface area contributed by atoms with Gasteiger partial charge in [0.05, 0.1) is 0 Å². The molecule has 0 radical (unpaired) electrons. The Morgan fingerprint density at radius 3 is 2.58 bits per heavy atom. The summed E-state index contributed by atoms with van der Waals surface area (Å²) in [6.07, 6.45) is 1.29. The maximum absolute atomic E-state index is 12.7. The highest BCUT2D eigenvalue weighted by Gasteiger charge is 2.55. The smallest absolute Gasteiger partial charge is 0.240 e. The van der Waals surface area contributed by atoms with E-state index in [0.717, 1.165) is 11.3 Å². The summed E-state index contributed by atoms with van der Waals surface area (Å²) in [5.41, 5.74) is 6.79. The summed E-state index contributed by atoms with van der Waals surface area (Å²) in [5.74, 6) is -0.0656. The predicted molar refractivity (Wildman–Crippen MR) is 74.3 cm³/mol. The summed E-state index contributed by atoms with van der Waals surface area (Å²) in [6, 6.07) is 7.72. The van der Waals surface area contributed by atoms with E-state index in [1.807, 2.05) is 38.1 Å². The largest absolute Gasteiger partial charge is 0.409 e. The maximum atomic E-state index is 12.7. The van der Waals surface area contributed by atoms with Gasteiger partial charge in [0.2, 0.25) is 5.91 Å². The van der Waals surface area contributed by atoms with Crippen molar-refractivity contribution in [1.82, 2.24) is 0 Å². The van der Waals surface area contributed by atoms with E-state index in [1.54, 1.807) is 4.90 Å². The van der Waals surface area contributed by atoms with Crippen LogP contribution in [0.25, 0.3) is 0 Å². The van der Waals surface area contributed by atoms with Crippen LogP contribution in [0.4, 0.5) is 5.69 Å². The number of nitrogens with zero attached hydrogens (tertiary/aromatic N) is 2. The number of amidine groups is 1. The second-order valence-electron chi connectivity index (χ2n) is 4.90. The van der Waals surface area contributed by atoms with Gasteiger partial charge in [-0.3, -0.25) is 4.79 Å². The Balaban J connectivity index is 2.34. The summed E-state index contributed by atoms with van der Waals surface area (Å²) in [7, 11) is 0. The maximum Gasteiger partial charge on any atom is 0.240 e. The van der Waals surface area contributed by atoms with Crippen molar-refractivity contribution in [3.8, 4) is 0 Å². The van der Waals surface area contributed by atoms with Crippen molar-refractivity contribution in [1.29, 1.82) is 0 Å². The minimum Gasteiger partial charge on any atom is -0.409 e. The van der Waals surface area contributed by atoms with Crippen LogP contribution >= 0.6 is 0 Å². The molecule has 0 atom stereocenters. The lowest BCUT2D eigenvalue weighted by atomic mass is 10.0. The third-order valence-corrected chi connectivity index (χ3v) is 3.73. The summed E-state index contributed by atoms with van der Waals surface area (Å²) in [5, 5.41) is 11.9. The average molecular weight is 261 g/mol. The first-order chi connectivity index (χ1) is 9.06. The lowest BCUT2D eigenvalue weighted by molar-refractivity contribution is -0.121.